The Kier molecular flexibility index (Phi) is 5.51. The first-order valence-electron chi connectivity index (χ1n) is 7.18. The van der Waals surface area contributed by atoms with Gasteiger partial charge in [0.05, 0.1) is 30.7 Å². The Balaban J connectivity index is 2.07. The first kappa shape index (κ1) is 16.5. The quantitative estimate of drug-likeness (QED) is 0.854. The largest absolute Gasteiger partial charge is 0.478 e. The van der Waals surface area contributed by atoms with Crippen LogP contribution >= 0.6 is 0 Å². The van der Waals surface area contributed by atoms with E-state index in [1.807, 2.05) is 0 Å². The van der Waals surface area contributed by atoms with Crippen LogP contribution in [0, 0.1) is 0 Å². The zero-order valence-corrected chi connectivity index (χ0v) is 12.8. The molecule has 120 valence electrons. The number of carbonyl (C=O) groups excluding carboxylic acids is 1. The van der Waals surface area contributed by atoms with E-state index in [2.05, 4.69) is 0 Å². The molecule has 0 unspecified atom stereocenters. The third-order valence-corrected chi connectivity index (χ3v) is 3.92. The molecule has 1 aliphatic heterocycles. The molecule has 0 radical (unpaired) electrons. The molecule has 2 rings (SSSR count). The Morgan fingerprint density at radius 1 is 1.36 bits per heavy atom. The second-order valence-electron chi connectivity index (χ2n) is 5.43. The summed E-state index contributed by atoms with van der Waals surface area (Å²) in [5, 5.41) is 9.01. The van der Waals surface area contributed by atoms with Gasteiger partial charge in [-0.15, -0.1) is 0 Å². The molecule has 1 aromatic rings. The van der Waals surface area contributed by atoms with E-state index >= 15 is 0 Å². The summed E-state index contributed by atoms with van der Waals surface area (Å²) < 4.78 is 10.5. The predicted molar refractivity (Wildman–Crippen MR) is 79.9 cm³/mol. The van der Waals surface area contributed by atoms with Crippen molar-refractivity contribution in [1.29, 1.82) is 0 Å². The molecule has 6 nitrogen and oxygen atoms in total. The summed E-state index contributed by atoms with van der Waals surface area (Å²) in [4.78, 5) is 25.3. The highest BCUT2D eigenvalue weighted by Gasteiger charge is 2.35. The summed E-state index contributed by atoms with van der Waals surface area (Å²) in [5.74, 6) is -1.03. The maximum atomic E-state index is 12.5. The van der Waals surface area contributed by atoms with Crippen molar-refractivity contribution in [3.05, 3.63) is 35.4 Å². The lowest BCUT2D eigenvalue weighted by Crippen LogP contribution is -2.39. The summed E-state index contributed by atoms with van der Waals surface area (Å²) in [6.07, 6.45) is 0.956. The minimum Gasteiger partial charge on any atom is -0.478 e. The van der Waals surface area contributed by atoms with Crippen molar-refractivity contribution in [2.24, 2.45) is 0 Å². The number of nitrogens with zero attached hydrogens (tertiary/aromatic N) is 1. The third-order valence-electron chi connectivity index (χ3n) is 3.92. The zero-order chi connectivity index (χ0) is 16.1. The van der Waals surface area contributed by atoms with E-state index in [-0.39, 0.29) is 30.0 Å². The minimum atomic E-state index is -0.993. The van der Waals surface area contributed by atoms with Gasteiger partial charge < -0.3 is 19.5 Å². The second kappa shape index (κ2) is 7.38. The Hall–Kier alpha value is -1.92. The van der Waals surface area contributed by atoms with Crippen molar-refractivity contribution in [1.82, 2.24) is 4.90 Å². The molecule has 1 aliphatic rings. The highest BCUT2D eigenvalue weighted by atomic mass is 16.5. The van der Waals surface area contributed by atoms with Gasteiger partial charge in [-0.2, -0.15) is 0 Å². The van der Waals surface area contributed by atoms with Crippen LogP contribution in [0.15, 0.2) is 24.3 Å². The first-order valence-corrected chi connectivity index (χ1v) is 7.18. The molecular weight excluding hydrogens is 286 g/mol. The fourth-order valence-corrected chi connectivity index (χ4v) is 2.79. The molecule has 0 bridgehead atoms. The lowest BCUT2D eigenvalue weighted by Gasteiger charge is -2.24. The Labute approximate surface area is 129 Å². The average Bonchev–Trinajstić information content (AvgIpc) is 2.91. The smallest absolute Gasteiger partial charge is 0.335 e. The number of amides is 1. The van der Waals surface area contributed by atoms with Crippen LogP contribution in [0.4, 0.5) is 0 Å². The van der Waals surface area contributed by atoms with Crippen LogP contribution in [-0.2, 0) is 20.7 Å². The highest BCUT2D eigenvalue weighted by molar-refractivity contribution is 5.88. The van der Waals surface area contributed by atoms with Crippen LogP contribution in [0.3, 0.4) is 0 Å². The molecule has 0 spiro atoms. The number of benzene rings is 1. The molecule has 6 heteroatoms. The summed E-state index contributed by atoms with van der Waals surface area (Å²) in [7, 11) is 3.25. The Morgan fingerprint density at radius 2 is 2.14 bits per heavy atom. The number of carboxylic acid groups (broad SMARTS) is 1. The van der Waals surface area contributed by atoms with Gasteiger partial charge in [-0.05, 0) is 24.1 Å². The fourth-order valence-electron chi connectivity index (χ4n) is 2.79. The zero-order valence-electron chi connectivity index (χ0n) is 12.8. The number of methoxy groups -OCH3 is 2. The number of hydrogen-bond acceptors (Lipinski definition) is 4. The molecule has 2 atom stereocenters. The van der Waals surface area contributed by atoms with Gasteiger partial charge in [0.25, 0.3) is 0 Å². The SMILES string of the molecule is COC[C@@H]1C[C@H](OC)CN1C(=O)Cc1cccc(C(=O)O)c1. The van der Waals surface area contributed by atoms with Gasteiger partial charge >= 0.3 is 5.97 Å². The van der Waals surface area contributed by atoms with Gasteiger partial charge in [0.1, 0.15) is 0 Å². The molecule has 0 saturated carbocycles. The monoisotopic (exact) mass is 307 g/mol. The van der Waals surface area contributed by atoms with Crippen molar-refractivity contribution < 1.29 is 24.2 Å². The predicted octanol–water partition coefficient (Wildman–Crippen LogP) is 1.19. The van der Waals surface area contributed by atoms with E-state index in [1.165, 1.54) is 12.1 Å². The van der Waals surface area contributed by atoms with E-state index < -0.39 is 5.97 Å². The van der Waals surface area contributed by atoms with Crippen molar-refractivity contribution in [2.45, 2.75) is 25.0 Å². The van der Waals surface area contributed by atoms with Crippen molar-refractivity contribution in [3.8, 4) is 0 Å². The Bertz CT molecular complexity index is 545. The maximum Gasteiger partial charge on any atom is 0.335 e. The molecule has 0 aromatic heterocycles. The summed E-state index contributed by atoms with van der Waals surface area (Å²) in [6, 6.07) is 6.47. The van der Waals surface area contributed by atoms with Gasteiger partial charge in [-0.1, -0.05) is 12.1 Å². The molecule has 1 amide bonds. The van der Waals surface area contributed by atoms with Crippen LogP contribution in [0.5, 0.6) is 0 Å². The standard InChI is InChI=1S/C16H21NO5/c1-21-10-13-8-14(22-2)9-17(13)15(18)7-11-4-3-5-12(6-11)16(19)20/h3-6,13-14H,7-10H2,1-2H3,(H,19,20)/t13-,14-/m0/s1. The average molecular weight is 307 g/mol. The van der Waals surface area contributed by atoms with Crippen LogP contribution in [0.2, 0.25) is 0 Å². The molecule has 1 saturated heterocycles. The lowest BCUT2D eigenvalue weighted by molar-refractivity contribution is -0.132. The van der Waals surface area contributed by atoms with Crippen LogP contribution in [-0.4, -0.2) is 61.4 Å². The van der Waals surface area contributed by atoms with E-state index in [9.17, 15) is 9.59 Å². The molecule has 1 N–H and O–H groups in total. The summed E-state index contributed by atoms with van der Waals surface area (Å²) in [5.41, 5.74) is 0.886. The fraction of sp³-hybridized carbons (Fsp3) is 0.500. The minimum absolute atomic E-state index is 0.00473. The van der Waals surface area contributed by atoms with Crippen molar-refractivity contribution in [2.75, 3.05) is 27.4 Å². The number of aromatic carboxylic acids is 1. The second-order valence-corrected chi connectivity index (χ2v) is 5.43. The molecule has 22 heavy (non-hydrogen) atoms. The van der Waals surface area contributed by atoms with E-state index in [0.717, 1.165) is 6.42 Å². The number of rotatable bonds is 6. The summed E-state index contributed by atoms with van der Waals surface area (Å²) >= 11 is 0. The Morgan fingerprint density at radius 3 is 2.77 bits per heavy atom. The lowest BCUT2D eigenvalue weighted by atomic mass is 10.1. The van der Waals surface area contributed by atoms with E-state index in [0.29, 0.717) is 18.7 Å². The highest BCUT2D eigenvalue weighted by Crippen LogP contribution is 2.21. The van der Waals surface area contributed by atoms with Crippen LogP contribution in [0.25, 0.3) is 0 Å². The van der Waals surface area contributed by atoms with Crippen molar-refractivity contribution in [3.63, 3.8) is 0 Å². The van der Waals surface area contributed by atoms with Gasteiger partial charge in [0, 0.05) is 20.8 Å². The maximum absolute atomic E-state index is 12.5. The first-order chi connectivity index (χ1) is 10.5. The molecule has 1 aromatic carbocycles. The van der Waals surface area contributed by atoms with E-state index in [4.69, 9.17) is 14.6 Å². The number of ether oxygens (including phenoxy) is 2. The molecular formula is C16H21NO5. The topological polar surface area (TPSA) is 76.1 Å². The van der Waals surface area contributed by atoms with Gasteiger partial charge in [0.15, 0.2) is 0 Å². The molecule has 1 heterocycles. The van der Waals surface area contributed by atoms with Gasteiger partial charge in [-0.25, -0.2) is 4.79 Å². The van der Waals surface area contributed by atoms with Gasteiger partial charge in [-0.3, -0.25) is 4.79 Å². The van der Waals surface area contributed by atoms with Gasteiger partial charge in [0.2, 0.25) is 5.91 Å². The molecule has 0 aliphatic carbocycles. The normalized spacial score (nSPS) is 21.1. The number of likely N-dealkylation sites (tertiary alicyclic amines) is 1. The van der Waals surface area contributed by atoms with Crippen molar-refractivity contribution >= 4 is 11.9 Å². The number of hydrogen-bond donors (Lipinski definition) is 1. The van der Waals surface area contributed by atoms with Crippen LogP contribution in [0.1, 0.15) is 22.3 Å². The number of carbonyl (C=O) groups is 2. The van der Waals surface area contributed by atoms with E-state index in [1.54, 1.807) is 31.3 Å². The van der Waals surface area contributed by atoms with Crippen LogP contribution < -0.4 is 0 Å². The number of carboxylic acids is 1. The molecule has 1 fully saturated rings. The summed E-state index contributed by atoms with van der Waals surface area (Å²) in [6.45, 7) is 1.02. The third kappa shape index (κ3) is 3.84.